The number of allylic oxidation sites excluding steroid dienone is 2. The molecule has 4 saturated carbocycles. The lowest BCUT2D eigenvalue weighted by Gasteiger charge is -2.57. The molecule has 0 aromatic heterocycles. The first-order valence-electron chi connectivity index (χ1n) is 12.3. The molecular formula is C26H41N. The molecule has 27 heavy (non-hydrogen) atoms. The zero-order chi connectivity index (χ0) is 18.7. The van der Waals surface area contributed by atoms with Crippen molar-refractivity contribution in [2.45, 2.75) is 110 Å². The van der Waals surface area contributed by atoms with Crippen LogP contribution in [0.4, 0.5) is 0 Å². The minimum absolute atomic E-state index is 0.482. The maximum Gasteiger partial charge on any atom is 0.0393 e. The van der Waals surface area contributed by atoms with E-state index >= 15 is 0 Å². The normalized spacial score (nSPS) is 51.6. The molecule has 0 radical (unpaired) electrons. The summed E-state index contributed by atoms with van der Waals surface area (Å²) < 4.78 is 0. The number of hydrogen-bond donors (Lipinski definition) is 0. The third-order valence-electron chi connectivity index (χ3n) is 12.0. The van der Waals surface area contributed by atoms with Crippen LogP contribution in [0.15, 0.2) is 11.1 Å². The lowest BCUT2D eigenvalue weighted by atomic mass is 9.48. The molecule has 1 nitrogen and oxygen atoms in total. The van der Waals surface area contributed by atoms with Crippen LogP contribution in [0, 0.1) is 27.6 Å². The molecule has 0 N–H and O–H groups in total. The molecule has 1 saturated heterocycles. The average molecular weight is 368 g/mol. The van der Waals surface area contributed by atoms with E-state index in [0.29, 0.717) is 21.8 Å². The topological polar surface area (TPSA) is 3.01 Å². The number of hydrogen-bond acceptors (Lipinski definition) is 1. The Hall–Kier alpha value is -0.300. The average Bonchev–Trinajstić information content (AvgIpc) is 2.97. The van der Waals surface area contributed by atoms with Gasteiger partial charge in [0.15, 0.2) is 0 Å². The van der Waals surface area contributed by atoms with E-state index in [-0.39, 0.29) is 0 Å². The number of nitrogens with zero attached hydrogens (tertiary/aromatic N) is 1. The third-order valence-corrected chi connectivity index (χ3v) is 12.0. The van der Waals surface area contributed by atoms with E-state index in [2.05, 4.69) is 32.6 Å². The Kier molecular flexibility index (Phi) is 3.28. The Labute approximate surface area is 167 Å². The summed E-state index contributed by atoms with van der Waals surface area (Å²) in [6.07, 6.45) is 17.9. The van der Waals surface area contributed by atoms with Crippen molar-refractivity contribution < 1.29 is 0 Å². The maximum absolute atomic E-state index is 3.05. The van der Waals surface area contributed by atoms with Crippen LogP contribution in [-0.4, -0.2) is 23.5 Å². The van der Waals surface area contributed by atoms with Gasteiger partial charge in [-0.05, 0) is 86.9 Å². The van der Waals surface area contributed by atoms with Gasteiger partial charge in [0.05, 0.1) is 0 Å². The van der Waals surface area contributed by atoms with Gasteiger partial charge in [-0.3, -0.25) is 4.90 Å². The molecule has 1 aliphatic heterocycles. The minimum atomic E-state index is 0.482. The van der Waals surface area contributed by atoms with E-state index in [4.69, 9.17) is 0 Å². The molecule has 5 aliphatic carbocycles. The largest absolute Gasteiger partial charge is 0.293 e. The Morgan fingerprint density at radius 2 is 1.70 bits per heavy atom. The summed E-state index contributed by atoms with van der Waals surface area (Å²) in [5.41, 5.74) is 6.68. The molecular weight excluding hydrogens is 326 g/mol. The van der Waals surface area contributed by atoms with E-state index in [1.54, 1.807) is 24.8 Å². The summed E-state index contributed by atoms with van der Waals surface area (Å²) in [6, 6.07) is 0. The zero-order valence-electron chi connectivity index (χ0n) is 18.4. The van der Waals surface area contributed by atoms with Gasteiger partial charge < -0.3 is 0 Å². The van der Waals surface area contributed by atoms with Crippen LogP contribution in [0.3, 0.4) is 0 Å². The van der Waals surface area contributed by atoms with Crippen LogP contribution in [-0.2, 0) is 0 Å². The smallest absolute Gasteiger partial charge is 0.0393 e. The summed E-state index contributed by atoms with van der Waals surface area (Å²) in [5.74, 6) is 0.895. The highest BCUT2D eigenvalue weighted by molar-refractivity contribution is 5.41. The molecule has 1 heterocycles. The molecule has 5 fully saturated rings. The van der Waals surface area contributed by atoms with Gasteiger partial charge in [0.2, 0.25) is 0 Å². The summed E-state index contributed by atoms with van der Waals surface area (Å²) >= 11 is 0. The highest BCUT2D eigenvalue weighted by atomic mass is 15.4. The van der Waals surface area contributed by atoms with Gasteiger partial charge in [-0.2, -0.15) is 0 Å². The van der Waals surface area contributed by atoms with Gasteiger partial charge in [0.1, 0.15) is 0 Å². The molecule has 0 aromatic carbocycles. The summed E-state index contributed by atoms with van der Waals surface area (Å²) in [4.78, 5) is 3.05. The first-order valence-corrected chi connectivity index (χ1v) is 12.3. The summed E-state index contributed by atoms with van der Waals surface area (Å²) in [5, 5.41) is 0. The molecule has 2 bridgehead atoms. The lowest BCUT2D eigenvalue weighted by Crippen LogP contribution is -2.53. The second kappa shape index (κ2) is 5.05. The van der Waals surface area contributed by atoms with Crippen LogP contribution in [0.2, 0.25) is 0 Å². The first kappa shape index (κ1) is 17.5. The van der Waals surface area contributed by atoms with E-state index in [1.165, 1.54) is 70.9 Å². The van der Waals surface area contributed by atoms with Gasteiger partial charge in [-0.25, -0.2) is 0 Å². The van der Waals surface area contributed by atoms with Crippen molar-refractivity contribution in [3.05, 3.63) is 11.1 Å². The quantitative estimate of drug-likeness (QED) is 0.386. The van der Waals surface area contributed by atoms with Crippen molar-refractivity contribution >= 4 is 0 Å². The lowest BCUT2D eigenvalue weighted by molar-refractivity contribution is -0.0808. The van der Waals surface area contributed by atoms with Gasteiger partial charge in [-0.15, -0.1) is 0 Å². The maximum atomic E-state index is 3.05. The van der Waals surface area contributed by atoms with Crippen LogP contribution in [0.1, 0.15) is 105 Å². The molecule has 3 spiro atoms. The zero-order valence-corrected chi connectivity index (χ0v) is 18.4. The van der Waals surface area contributed by atoms with Crippen molar-refractivity contribution in [1.82, 2.24) is 4.90 Å². The fraction of sp³-hybridized carbons (Fsp3) is 0.923. The van der Waals surface area contributed by atoms with E-state index in [0.717, 1.165) is 11.3 Å². The second-order valence-corrected chi connectivity index (χ2v) is 12.5. The van der Waals surface area contributed by atoms with Crippen LogP contribution >= 0.6 is 0 Å². The van der Waals surface area contributed by atoms with Crippen molar-refractivity contribution in [2.24, 2.45) is 27.6 Å². The Morgan fingerprint density at radius 1 is 0.963 bits per heavy atom. The van der Waals surface area contributed by atoms with E-state index in [9.17, 15) is 0 Å². The molecule has 5 atom stereocenters. The molecule has 6 rings (SSSR count). The predicted octanol–water partition coefficient (Wildman–Crippen LogP) is 6.73. The molecule has 1 unspecified atom stereocenters. The van der Waals surface area contributed by atoms with Gasteiger partial charge in [0, 0.05) is 24.0 Å². The highest BCUT2D eigenvalue weighted by Gasteiger charge is 2.73. The SMILES string of the molecule is CC1=C2C[C@]3(CN4C[C@]45CCCC54CCCC4)CC[C@@H](C)[C@@]2(CC1)C3(C)C. The van der Waals surface area contributed by atoms with Gasteiger partial charge in [-0.1, -0.05) is 51.2 Å². The third kappa shape index (κ3) is 1.75. The van der Waals surface area contributed by atoms with Gasteiger partial charge in [0.25, 0.3) is 0 Å². The predicted molar refractivity (Wildman–Crippen MR) is 113 cm³/mol. The Bertz CT molecular complexity index is 704. The first-order chi connectivity index (χ1) is 12.8. The molecule has 0 aromatic rings. The van der Waals surface area contributed by atoms with Crippen molar-refractivity contribution in [2.75, 3.05) is 13.1 Å². The monoisotopic (exact) mass is 367 g/mol. The summed E-state index contributed by atoms with van der Waals surface area (Å²) in [7, 11) is 0. The summed E-state index contributed by atoms with van der Waals surface area (Å²) in [6.45, 7) is 13.3. The van der Waals surface area contributed by atoms with Crippen molar-refractivity contribution in [3.63, 3.8) is 0 Å². The molecule has 150 valence electrons. The standard InChI is InChI=1S/C26H41N/c1-19-8-15-26-20(2)9-14-24(16-21(19)26,22(26,3)4)17-27-18-25(27)13-7-12-23(25)10-5-6-11-23/h20H,5-18H2,1-4H3/t20-,24+,25+,26-,27?/m1/s1. The number of fused-ring (bicyclic) bond motifs is 2. The van der Waals surface area contributed by atoms with Crippen LogP contribution < -0.4 is 0 Å². The second-order valence-electron chi connectivity index (χ2n) is 12.5. The minimum Gasteiger partial charge on any atom is -0.293 e. The number of rotatable bonds is 2. The molecule has 6 aliphatic rings. The Balaban J connectivity index is 1.35. The van der Waals surface area contributed by atoms with Crippen molar-refractivity contribution in [1.29, 1.82) is 0 Å². The molecule has 0 amide bonds. The fourth-order valence-electron chi connectivity index (χ4n) is 10.3. The van der Waals surface area contributed by atoms with Gasteiger partial charge >= 0.3 is 0 Å². The van der Waals surface area contributed by atoms with Crippen LogP contribution in [0.5, 0.6) is 0 Å². The highest BCUT2D eigenvalue weighted by Crippen LogP contribution is 2.78. The van der Waals surface area contributed by atoms with E-state index in [1.807, 2.05) is 5.57 Å². The fourth-order valence-corrected chi connectivity index (χ4v) is 10.3. The van der Waals surface area contributed by atoms with Crippen molar-refractivity contribution in [3.8, 4) is 0 Å². The van der Waals surface area contributed by atoms with Crippen LogP contribution in [0.25, 0.3) is 0 Å². The molecule has 1 heteroatoms. The Morgan fingerprint density at radius 3 is 2.48 bits per heavy atom. The van der Waals surface area contributed by atoms with E-state index < -0.39 is 0 Å².